The highest BCUT2D eigenvalue weighted by molar-refractivity contribution is 4.90. The first-order valence-corrected chi connectivity index (χ1v) is 5.52. The van der Waals surface area contributed by atoms with E-state index >= 15 is 0 Å². The first kappa shape index (κ1) is 13.7. The molecule has 0 fully saturated rings. The van der Waals surface area contributed by atoms with Crippen molar-refractivity contribution in [2.45, 2.75) is 59.9 Å². The Labute approximate surface area is 90.0 Å². The molecular weight excluding hydrogens is 170 g/mol. The van der Waals surface area contributed by atoms with Gasteiger partial charge in [-0.3, -0.25) is 0 Å². The molecule has 0 heterocycles. The molecule has 0 unspecified atom stereocenters. The Bertz CT molecular complexity index is 184. The molecule has 0 saturated heterocycles. The predicted molar refractivity (Wildman–Crippen MR) is 65.6 cm³/mol. The summed E-state index contributed by atoms with van der Waals surface area (Å²) in [4.78, 5) is 0. The van der Waals surface area contributed by atoms with Crippen molar-refractivity contribution >= 4 is 0 Å². The van der Waals surface area contributed by atoms with Crippen LogP contribution in [0, 0.1) is 5.41 Å². The van der Waals surface area contributed by atoms with Crippen LogP contribution in [0.2, 0.25) is 0 Å². The summed E-state index contributed by atoms with van der Waals surface area (Å²) in [6.07, 6.45) is 2.27. The number of hydrogen-bond donors (Lipinski definition) is 1. The van der Waals surface area contributed by atoms with Gasteiger partial charge in [-0.25, -0.2) is 0 Å². The molecular formula is C13H27N. The van der Waals surface area contributed by atoms with Gasteiger partial charge in [-0.05, 0) is 45.6 Å². The summed E-state index contributed by atoms with van der Waals surface area (Å²) in [5, 5.41) is 3.59. The van der Waals surface area contributed by atoms with Gasteiger partial charge in [-0.15, -0.1) is 6.58 Å². The van der Waals surface area contributed by atoms with E-state index < -0.39 is 0 Å². The third kappa shape index (κ3) is 8.31. The normalized spacial score (nSPS) is 13.0. The first-order chi connectivity index (χ1) is 6.12. The van der Waals surface area contributed by atoms with Crippen LogP contribution < -0.4 is 5.32 Å². The number of hydrogen-bond acceptors (Lipinski definition) is 1. The van der Waals surface area contributed by atoms with Crippen LogP contribution in [0.1, 0.15) is 54.4 Å². The fraction of sp³-hybridized carbons (Fsp3) is 0.846. The molecule has 14 heavy (non-hydrogen) atoms. The van der Waals surface area contributed by atoms with E-state index in [-0.39, 0.29) is 5.54 Å². The maximum atomic E-state index is 3.91. The Kier molecular flexibility index (Phi) is 4.87. The van der Waals surface area contributed by atoms with Crippen LogP contribution in [0.25, 0.3) is 0 Å². The van der Waals surface area contributed by atoms with Gasteiger partial charge in [-0.2, -0.15) is 0 Å². The summed E-state index contributed by atoms with van der Waals surface area (Å²) in [5.74, 6) is 0. The van der Waals surface area contributed by atoms with Gasteiger partial charge in [0, 0.05) is 5.54 Å². The molecule has 0 rings (SSSR count). The SMILES string of the molecule is C=C(C)CCNC(C)(C)CC(C)(C)C. The van der Waals surface area contributed by atoms with E-state index in [0.29, 0.717) is 5.41 Å². The molecule has 0 aliphatic carbocycles. The summed E-state index contributed by atoms with van der Waals surface area (Å²) >= 11 is 0. The second-order valence-corrected chi connectivity index (χ2v) is 6.26. The second-order valence-electron chi connectivity index (χ2n) is 6.26. The van der Waals surface area contributed by atoms with Crippen molar-refractivity contribution in [2.24, 2.45) is 5.41 Å². The predicted octanol–water partition coefficient (Wildman–Crippen LogP) is 3.76. The lowest BCUT2D eigenvalue weighted by molar-refractivity contribution is 0.243. The van der Waals surface area contributed by atoms with E-state index in [1.54, 1.807) is 0 Å². The van der Waals surface area contributed by atoms with Crippen molar-refractivity contribution in [1.82, 2.24) is 5.32 Å². The first-order valence-electron chi connectivity index (χ1n) is 5.52. The van der Waals surface area contributed by atoms with Gasteiger partial charge in [0.2, 0.25) is 0 Å². The molecule has 0 aromatic heterocycles. The fourth-order valence-electron chi connectivity index (χ4n) is 2.00. The van der Waals surface area contributed by atoms with Crippen molar-refractivity contribution in [2.75, 3.05) is 6.54 Å². The van der Waals surface area contributed by atoms with Gasteiger partial charge >= 0.3 is 0 Å². The summed E-state index contributed by atoms with van der Waals surface area (Å²) < 4.78 is 0. The van der Waals surface area contributed by atoms with Crippen LogP contribution in [0.15, 0.2) is 12.2 Å². The minimum atomic E-state index is 0.230. The van der Waals surface area contributed by atoms with E-state index in [1.165, 1.54) is 12.0 Å². The maximum Gasteiger partial charge on any atom is 0.0130 e. The zero-order chi connectivity index (χ0) is 11.4. The average Bonchev–Trinajstić information content (AvgIpc) is 1.78. The van der Waals surface area contributed by atoms with Crippen molar-refractivity contribution in [1.29, 1.82) is 0 Å². The molecule has 1 nitrogen and oxygen atoms in total. The standard InChI is InChI=1S/C13H27N/c1-11(2)8-9-14-13(6,7)10-12(3,4)5/h14H,1,8-10H2,2-7H3. The summed E-state index contributed by atoms with van der Waals surface area (Å²) in [6.45, 7) is 18.4. The molecule has 0 atom stereocenters. The number of rotatable bonds is 5. The number of nitrogens with one attached hydrogen (secondary N) is 1. The topological polar surface area (TPSA) is 12.0 Å². The summed E-state index contributed by atoms with van der Waals surface area (Å²) in [5.41, 5.74) is 1.87. The van der Waals surface area contributed by atoms with Crippen LogP contribution in [0.3, 0.4) is 0 Å². The van der Waals surface area contributed by atoms with Crippen LogP contribution in [-0.4, -0.2) is 12.1 Å². The Morgan fingerprint density at radius 1 is 1.14 bits per heavy atom. The zero-order valence-electron chi connectivity index (χ0n) is 10.8. The highest BCUT2D eigenvalue weighted by atomic mass is 14.9. The van der Waals surface area contributed by atoms with Crippen LogP contribution in [-0.2, 0) is 0 Å². The Morgan fingerprint density at radius 3 is 2.00 bits per heavy atom. The van der Waals surface area contributed by atoms with E-state index in [9.17, 15) is 0 Å². The quantitative estimate of drug-likeness (QED) is 0.662. The van der Waals surface area contributed by atoms with Gasteiger partial charge in [0.05, 0.1) is 0 Å². The van der Waals surface area contributed by atoms with E-state index in [0.717, 1.165) is 13.0 Å². The van der Waals surface area contributed by atoms with E-state index in [1.807, 2.05) is 0 Å². The Balaban J connectivity index is 3.89. The van der Waals surface area contributed by atoms with Crippen molar-refractivity contribution in [3.63, 3.8) is 0 Å². The highest BCUT2D eigenvalue weighted by Gasteiger charge is 2.24. The average molecular weight is 197 g/mol. The zero-order valence-corrected chi connectivity index (χ0v) is 10.8. The molecule has 0 aromatic rings. The Hall–Kier alpha value is -0.300. The molecule has 1 N–H and O–H groups in total. The molecule has 0 bridgehead atoms. The Morgan fingerprint density at radius 2 is 1.64 bits per heavy atom. The van der Waals surface area contributed by atoms with Crippen molar-refractivity contribution in [3.8, 4) is 0 Å². The van der Waals surface area contributed by atoms with Gasteiger partial charge in [0.1, 0.15) is 0 Å². The van der Waals surface area contributed by atoms with Gasteiger partial charge in [0.25, 0.3) is 0 Å². The molecule has 1 heteroatoms. The van der Waals surface area contributed by atoms with Gasteiger partial charge < -0.3 is 5.32 Å². The van der Waals surface area contributed by atoms with Crippen LogP contribution >= 0.6 is 0 Å². The largest absolute Gasteiger partial charge is 0.311 e. The monoisotopic (exact) mass is 197 g/mol. The molecule has 0 spiro atoms. The molecule has 0 saturated carbocycles. The third-order valence-corrected chi connectivity index (χ3v) is 2.13. The molecule has 84 valence electrons. The van der Waals surface area contributed by atoms with Crippen molar-refractivity contribution in [3.05, 3.63) is 12.2 Å². The van der Waals surface area contributed by atoms with Crippen LogP contribution in [0.5, 0.6) is 0 Å². The smallest absolute Gasteiger partial charge is 0.0130 e. The third-order valence-electron chi connectivity index (χ3n) is 2.13. The van der Waals surface area contributed by atoms with Gasteiger partial charge in [-0.1, -0.05) is 26.3 Å². The maximum absolute atomic E-state index is 3.91. The van der Waals surface area contributed by atoms with E-state index in [2.05, 4.69) is 53.4 Å². The summed E-state index contributed by atoms with van der Waals surface area (Å²) in [6, 6.07) is 0. The van der Waals surface area contributed by atoms with Gasteiger partial charge in [0.15, 0.2) is 0 Å². The molecule has 0 aromatic carbocycles. The lowest BCUT2D eigenvalue weighted by atomic mass is 9.82. The fourth-order valence-corrected chi connectivity index (χ4v) is 2.00. The molecule has 0 aliphatic heterocycles. The minimum Gasteiger partial charge on any atom is -0.311 e. The van der Waals surface area contributed by atoms with E-state index in [4.69, 9.17) is 0 Å². The molecule has 0 radical (unpaired) electrons. The molecule has 0 aliphatic rings. The van der Waals surface area contributed by atoms with Crippen LogP contribution in [0.4, 0.5) is 0 Å². The molecule has 0 amide bonds. The minimum absolute atomic E-state index is 0.230. The highest BCUT2D eigenvalue weighted by Crippen LogP contribution is 2.26. The lowest BCUT2D eigenvalue weighted by Crippen LogP contribution is -2.42. The lowest BCUT2D eigenvalue weighted by Gasteiger charge is -2.33. The second kappa shape index (κ2) is 4.97. The van der Waals surface area contributed by atoms with Crippen molar-refractivity contribution < 1.29 is 0 Å². The summed E-state index contributed by atoms with van der Waals surface area (Å²) in [7, 11) is 0.